The van der Waals surface area contributed by atoms with Gasteiger partial charge in [0.2, 0.25) is 0 Å². The third kappa shape index (κ3) is 2.06. The molecule has 2 nitrogen and oxygen atoms in total. The van der Waals surface area contributed by atoms with Crippen LogP contribution in [0.5, 0.6) is 0 Å². The average Bonchev–Trinajstić information content (AvgIpc) is 2.33. The molecule has 1 aliphatic heterocycles. The Morgan fingerprint density at radius 3 is 2.82 bits per heavy atom. The molecule has 1 fully saturated rings. The van der Waals surface area contributed by atoms with E-state index in [1.54, 1.807) is 11.8 Å². The van der Waals surface area contributed by atoms with E-state index in [9.17, 15) is 4.79 Å². The van der Waals surface area contributed by atoms with Gasteiger partial charge in [-0.25, -0.2) is 0 Å². The van der Waals surface area contributed by atoms with Crippen LogP contribution in [0.4, 0.5) is 0 Å². The average molecular weight is 192 g/mol. The van der Waals surface area contributed by atoms with Crippen molar-refractivity contribution in [3.63, 3.8) is 0 Å². The van der Waals surface area contributed by atoms with Crippen LogP contribution in [0.3, 0.4) is 0 Å². The van der Waals surface area contributed by atoms with E-state index in [2.05, 4.69) is 19.6 Å². The van der Waals surface area contributed by atoms with Crippen molar-refractivity contribution in [1.82, 2.24) is 0 Å². The summed E-state index contributed by atoms with van der Waals surface area (Å²) in [5.74, 6) is 0.688. The van der Waals surface area contributed by atoms with Crippen LogP contribution in [-0.2, 0) is 4.79 Å². The Kier molecular flexibility index (Phi) is 2.75. The van der Waals surface area contributed by atoms with Gasteiger partial charge in [0.25, 0.3) is 0 Å². The van der Waals surface area contributed by atoms with Gasteiger partial charge in [-0.15, -0.1) is 0 Å². The van der Waals surface area contributed by atoms with Gasteiger partial charge in [-0.2, -0.15) is 24.4 Å². The normalized spacial score (nSPS) is 37.5. The molecule has 1 aliphatic rings. The van der Waals surface area contributed by atoms with Crippen LogP contribution < -0.4 is 0 Å². The lowest BCUT2D eigenvalue weighted by Gasteiger charge is -2.18. The molecule has 1 heterocycles. The molecule has 1 rings (SSSR count). The summed E-state index contributed by atoms with van der Waals surface area (Å²) < 4.78 is 0.0895. The molecule has 2 atom stereocenters. The highest BCUT2D eigenvalue weighted by Gasteiger charge is 2.38. The Morgan fingerprint density at radius 1 is 1.91 bits per heavy atom. The minimum Gasteiger partial charge on any atom is -0.481 e. The zero-order chi connectivity index (χ0) is 8.48. The lowest BCUT2D eigenvalue weighted by molar-refractivity contribution is -0.141. The van der Waals surface area contributed by atoms with Crippen molar-refractivity contribution in [2.45, 2.75) is 18.1 Å². The van der Waals surface area contributed by atoms with Crippen LogP contribution in [0.1, 0.15) is 13.3 Å². The standard InChI is InChI=1S/C7H12O2S2/c1-7(4-10)2-5(3-11-7)6(8)9/h5,10H,2-4H2,1H3,(H,8,9)/t5-,7+/m1/s1. The molecule has 4 heteroatoms. The Hall–Kier alpha value is 0.170. The highest BCUT2D eigenvalue weighted by atomic mass is 32.2. The van der Waals surface area contributed by atoms with E-state index in [0.29, 0.717) is 0 Å². The number of hydrogen-bond acceptors (Lipinski definition) is 3. The maximum absolute atomic E-state index is 10.6. The summed E-state index contributed by atoms with van der Waals surface area (Å²) in [7, 11) is 0. The zero-order valence-corrected chi connectivity index (χ0v) is 8.12. The first kappa shape index (κ1) is 9.26. The summed E-state index contributed by atoms with van der Waals surface area (Å²) in [5.41, 5.74) is 0. The number of aliphatic carboxylic acids is 1. The molecule has 0 aromatic heterocycles. The predicted octanol–water partition coefficient (Wildman–Crippen LogP) is 1.51. The zero-order valence-electron chi connectivity index (χ0n) is 6.41. The Balaban J connectivity index is 2.53. The van der Waals surface area contributed by atoms with Crippen molar-refractivity contribution in [2.24, 2.45) is 5.92 Å². The molecule has 11 heavy (non-hydrogen) atoms. The molecule has 0 bridgehead atoms. The first-order valence-electron chi connectivity index (χ1n) is 3.55. The lowest BCUT2D eigenvalue weighted by atomic mass is 9.99. The van der Waals surface area contributed by atoms with Gasteiger partial charge in [-0.3, -0.25) is 4.79 Å². The van der Waals surface area contributed by atoms with Crippen molar-refractivity contribution in [3.8, 4) is 0 Å². The largest absolute Gasteiger partial charge is 0.481 e. The summed E-state index contributed by atoms with van der Waals surface area (Å²) in [6.45, 7) is 2.08. The smallest absolute Gasteiger partial charge is 0.307 e. The Bertz CT molecular complexity index is 172. The minimum absolute atomic E-state index is 0.0895. The van der Waals surface area contributed by atoms with E-state index < -0.39 is 5.97 Å². The van der Waals surface area contributed by atoms with Crippen molar-refractivity contribution < 1.29 is 9.90 Å². The van der Waals surface area contributed by atoms with E-state index in [1.165, 1.54) is 0 Å². The van der Waals surface area contributed by atoms with Crippen molar-refractivity contribution in [2.75, 3.05) is 11.5 Å². The van der Waals surface area contributed by atoms with Gasteiger partial charge in [-0.05, 0) is 13.3 Å². The topological polar surface area (TPSA) is 37.3 Å². The third-order valence-electron chi connectivity index (χ3n) is 1.99. The molecule has 64 valence electrons. The molecule has 0 aliphatic carbocycles. The maximum atomic E-state index is 10.6. The molecule has 0 saturated carbocycles. The first-order chi connectivity index (χ1) is 5.07. The van der Waals surface area contributed by atoms with Gasteiger partial charge in [0.05, 0.1) is 5.92 Å². The SMILES string of the molecule is C[C@@]1(CS)C[C@@H](C(=O)O)CS1. The molecule has 0 unspecified atom stereocenters. The lowest BCUT2D eigenvalue weighted by Crippen LogP contribution is -2.21. The molecule has 0 aromatic carbocycles. The molecular weight excluding hydrogens is 180 g/mol. The number of thioether (sulfide) groups is 1. The van der Waals surface area contributed by atoms with Crippen molar-refractivity contribution >= 4 is 30.4 Å². The Labute approximate surface area is 76.2 Å². The van der Waals surface area contributed by atoms with Crippen LogP contribution in [0.2, 0.25) is 0 Å². The highest BCUT2D eigenvalue weighted by Crippen LogP contribution is 2.41. The van der Waals surface area contributed by atoms with Crippen molar-refractivity contribution in [1.29, 1.82) is 0 Å². The molecule has 0 aromatic rings. The molecule has 0 amide bonds. The van der Waals surface area contributed by atoms with E-state index in [1.807, 2.05) is 0 Å². The van der Waals surface area contributed by atoms with Gasteiger partial charge in [-0.1, -0.05) is 0 Å². The summed E-state index contributed by atoms with van der Waals surface area (Å²) >= 11 is 5.92. The highest BCUT2D eigenvalue weighted by molar-refractivity contribution is 8.01. The fourth-order valence-corrected chi connectivity index (χ4v) is 2.89. The fourth-order valence-electron chi connectivity index (χ4n) is 1.21. The van der Waals surface area contributed by atoms with Gasteiger partial charge in [0.1, 0.15) is 0 Å². The summed E-state index contributed by atoms with van der Waals surface area (Å²) in [4.78, 5) is 10.6. The van der Waals surface area contributed by atoms with Crippen LogP contribution in [0, 0.1) is 5.92 Å². The fraction of sp³-hybridized carbons (Fsp3) is 0.857. The molecule has 1 saturated heterocycles. The molecular formula is C7H12O2S2. The van der Waals surface area contributed by atoms with Crippen molar-refractivity contribution in [3.05, 3.63) is 0 Å². The minimum atomic E-state index is -0.664. The maximum Gasteiger partial charge on any atom is 0.307 e. The van der Waals surface area contributed by atoms with E-state index >= 15 is 0 Å². The van der Waals surface area contributed by atoms with Gasteiger partial charge in [0, 0.05) is 16.3 Å². The number of carboxylic acids is 1. The van der Waals surface area contributed by atoms with Crippen LogP contribution >= 0.6 is 24.4 Å². The van der Waals surface area contributed by atoms with E-state index in [4.69, 9.17) is 5.11 Å². The molecule has 1 N–H and O–H groups in total. The monoisotopic (exact) mass is 192 g/mol. The molecule has 0 spiro atoms. The van der Waals surface area contributed by atoms with Crippen LogP contribution in [-0.4, -0.2) is 27.3 Å². The second kappa shape index (κ2) is 3.27. The Morgan fingerprint density at radius 2 is 2.55 bits per heavy atom. The summed E-state index contributed by atoms with van der Waals surface area (Å²) in [6.07, 6.45) is 0.760. The number of hydrogen-bond donors (Lipinski definition) is 2. The van der Waals surface area contributed by atoms with Gasteiger partial charge < -0.3 is 5.11 Å². The number of rotatable bonds is 2. The van der Waals surface area contributed by atoms with Crippen LogP contribution in [0.25, 0.3) is 0 Å². The van der Waals surface area contributed by atoms with Gasteiger partial charge in [0.15, 0.2) is 0 Å². The number of thiol groups is 1. The second-order valence-electron chi connectivity index (χ2n) is 3.16. The second-order valence-corrected chi connectivity index (χ2v) is 5.08. The van der Waals surface area contributed by atoms with Gasteiger partial charge >= 0.3 is 5.97 Å². The first-order valence-corrected chi connectivity index (χ1v) is 5.17. The summed E-state index contributed by atoms with van der Waals surface area (Å²) in [6, 6.07) is 0. The van der Waals surface area contributed by atoms with E-state index in [-0.39, 0.29) is 10.7 Å². The van der Waals surface area contributed by atoms with Crippen LogP contribution in [0.15, 0.2) is 0 Å². The third-order valence-corrected chi connectivity index (χ3v) is 4.48. The molecule has 0 radical (unpaired) electrons. The number of carboxylic acid groups (broad SMARTS) is 1. The predicted molar refractivity (Wildman–Crippen MR) is 50.5 cm³/mol. The quantitative estimate of drug-likeness (QED) is 0.651. The summed E-state index contributed by atoms with van der Waals surface area (Å²) in [5, 5.41) is 8.70. The number of carbonyl (C=O) groups is 1. The van der Waals surface area contributed by atoms with E-state index in [0.717, 1.165) is 17.9 Å².